The molecule has 1 aromatic rings. The number of unbranched alkanes of at least 4 members (excludes halogenated alkanes) is 10. The van der Waals surface area contributed by atoms with Crippen LogP contribution in [0.5, 0.6) is 0 Å². The van der Waals surface area contributed by atoms with E-state index in [4.69, 9.17) is 15.0 Å². The number of piperidine rings is 2. The molecule has 0 aromatic carbocycles. The smallest absolute Gasteiger partial charge is 0.232 e. The highest BCUT2D eigenvalue weighted by atomic mass is 15.3. The molecule has 2 saturated heterocycles. The zero-order valence-electron chi connectivity index (χ0n) is 31.2. The largest absolute Gasteiger partial charge is 0.354 e. The molecule has 2 aliphatic heterocycles. The topological polar surface area (TPSA) is 90.0 Å². The summed E-state index contributed by atoms with van der Waals surface area (Å²) in [5.74, 6) is 2.23. The van der Waals surface area contributed by atoms with E-state index >= 15 is 0 Å². The summed E-state index contributed by atoms with van der Waals surface area (Å²) in [6.07, 6.45) is 19.8. The van der Waals surface area contributed by atoms with Crippen molar-refractivity contribution >= 4 is 17.8 Å². The van der Waals surface area contributed by atoms with Crippen LogP contribution in [0.25, 0.3) is 0 Å². The van der Waals surface area contributed by atoms with Gasteiger partial charge in [-0.2, -0.15) is 15.0 Å². The standard InChI is InChI=1S/C37H72N8/c1-11-13-15-16-17-18-19-20-21-22-23-38-31-40-32(39-29-25-34(3,4)43-35(5,6)26-29)42-33(41-31)45(24-14-12-2)30-27-36(7,8)44-37(9,10)28-30/h29-30,43-44H,11-28H2,1-10H3,(H2,38,39,40,41,42). The summed E-state index contributed by atoms with van der Waals surface area (Å²) in [7, 11) is 0. The number of nitrogens with one attached hydrogen (secondary N) is 4. The van der Waals surface area contributed by atoms with Gasteiger partial charge in [-0.05, 0) is 93.9 Å². The van der Waals surface area contributed by atoms with Gasteiger partial charge in [-0.25, -0.2) is 0 Å². The first-order valence-corrected chi connectivity index (χ1v) is 18.7. The molecule has 260 valence electrons. The predicted octanol–water partition coefficient (Wildman–Crippen LogP) is 8.84. The summed E-state index contributed by atoms with van der Waals surface area (Å²) in [5.41, 5.74) is 0.193. The molecule has 8 heteroatoms. The molecule has 45 heavy (non-hydrogen) atoms. The zero-order chi connectivity index (χ0) is 33.1. The van der Waals surface area contributed by atoms with E-state index in [0.717, 1.165) is 64.0 Å². The Morgan fingerprint density at radius 2 is 1.07 bits per heavy atom. The fraction of sp³-hybridized carbons (Fsp3) is 0.919. The minimum atomic E-state index is 0.0469. The molecule has 0 saturated carbocycles. The normalized spacial score (nSPS) is 21.0. The number of rotatable bonds is 19. The van der Waals surface area contributed by atoms with Crippen molar-refractivity contribution < 1.29 is 0 Å². The fourth-order valence-electron chi connectivity index (χ4n) is 8.32. The van der Waals surface area contributed by atoms with Gasteiger partial charge in [0.15, 0.2) is 0 Å². The second-order valence-corrected chi connectivity index (χ2v) is 17.0. The fourth-order valence-corrected chi connectivity index (χ4v) is 8.32. The summed E-state index contributed by atoms with van der Waals surface area (Å²) >= 11 is 0. The molecule has 4 N–H and O–H groups in total. The molecule has 8 nitrogen and oxygen atoms in total. The minimum Gasteiger partial charge on any atom is -0.354 e. The Kier molecular flexibility index (Phi) is 14.2. The molecule has 0 spiro atoms. The van der Waals surface area contributed by atoms with E-state index in [9.17, 15) is 0 Å². The van der Waals surface area contributed by atoms with Crippen LogP contribution >= 0.6 is 0 Å². The van der Waals surface area contributed by atoms with Gasteiger partial charge in [-0.3, -0.25) is 0 Å². The lowest BCUT2D eigenvalue weighted by atomic mass is 9.79. The van der Waals surface area contributed by atoms with Crippen LogP contribution in [0.2, 0.25) is 0 Å². The number of nitrogens with zero attached hydrogens (tertiary/aromatic N) is 4. The first-order valence-electron chi connectivity index (χ1n) is 18.7. The van der Waals surface area contributed by atoms with E-state index in [1.807, 2.05) is 0 Å². The van der Waals surface area contributed by atoms with E-state index in [0.29, 0.717) is 24.0 Å². The van der Waals surface area contributed by atoms with Crippen molar-refractivity contribution in [3.05, 3.63) is 0 Å². The van der Waals surface area contributed by atoms with Crippen LogP contribution in [0.4, 0.5) is 17.8 Å². The first-order chi connectivity index (χ1) is 21.1. The molecule has 0 radical (unpaired) electrons. The molecule has 0 amide bonds. The van der Waals surface area contributed by atoms with Gasteiger partial charge in [-0.1, -0.05) is 78.1 Å². The van der Waals surface area contributed by atoms with Crippen LogP contribution in [0, 0.1) is 0 Å². The van der Waals surface area contributed by atoms with Gasteiger partial charge in [-0.15, -0.1) is 0 Å². The van der Waals surface area contributed by atoms with Crippen LogP contribution in [0.3, 0.4) is 0 Å². The van der Waals surface area contributed by atoms with E-state index in [2.05, 4.69) is 95.4 Å². The summed E-state index contributed by atoms with van der Waals surface area (Å²) in [4.78, 5) is 17.7. The van der Waals surface area contributed by atoms with Gasteiger partial charge in [0.05, 0.1) is 0 Å². The Balaban J connectivity index is 1.75. The maximum atomic E-state index is 5.16. The van der Waals surface area contributed by atoms with Crippen molar-refractivity contribution in [2.75, 3.05) is 28.6 Å². The summed E-state index contributed by atoms with van der Waals surface area (Å²) in [5, 5.41) is 15.1. The van der Waals surface area contributed by atoms with Gasteiger partial charge in [0.1, 0.15) is 0 Å². The SMILES string of the molecule is CCCCCCCCCCCCNc1nc(NC2CC(C)(C)NC(C)(C)C2)nc(N(CCCC)C2CC(C)(C)NC(C)(C)C2)n1. The molecule has 3 heterocycles. The Morgan fingerprint density at radius 3 is 1.60 bits per heavy atom. The van der Waals surface area contributed by atoms with Crippen LogP contribution in [-0.4, -0.2) is 62.3 Å². The molecule has 3 rings (SSSR count). The first kappa shape index (κ1) is 37.8. The average molecular weight is 629 g/mol. The quantitative estimate of drug-likeness (QED) is 0.113. The highest BCUT2D eigenvalue weighted by Gasteiger charge is 2.41. The maximum Gasteiger partial charge on any atom is 0.232 e. The predicted molar refractivity (Wildman–Crippen MR) is 195 cm³/mol. The van der Waals surface area contributed by atoms with Gasteiger partial charge in [0, 0.05) is 47.3 Å². The molecule has 0 bridgehead atoms. The number of aromatic nitrogens is 3. The monoisotopic (exact) mass is 629 g/mol. The van der Waals surface area contributed by atoms with Gasteiger partial charge >= 0.3 is 0 Å². The number of hydrogen-bond acceptors (Lipinski definition) is 8. The molecule has 2 aliphatic rings. The molecular weight excluding hydrogens is 556 g/mol. The van der Waals surface area contributed by atoms with Crippen molar-refractivity contribution in [1.82, 2.24) is 25.6 Å². The van der Waals surface area contributed by atoms with Gasteiger partial charge < -0.3 is 26.2 Å². The third kappa shape index (κ3) is 13.5. The van der Waals surface area contributed by atoms with Crippen molar-refractivity contribution in [3.8, 4) is 0 Å². The highest BCUT2D eigenvalue weighted by Crippen LogP contribution is 2.34. The summed E-state index contributed by atoms with van der Waals surface area (Å²) < 4.78 is 0. The summed E-state index contributed by atoms with van der Waals surface area (Å²) in [6, 6.07) is 0.659. The number of anilines is 3. The van der Waals surface area contributed by atoms with E-state index in [-0.39, 0.29) is 22.2 Å². The zero-order valence-corrected chi connectivity index (χ0v) is 31.2. The average Bonchev–Trinajstić information content (AvgIpc) is 2.88. The lowest BCUT2D eigenvalue weighted by Crippen LogP contribution is -2.62. The lowest BCUT2D eigenvalue weighted by molar-refractivity contribution is 0.158. The Labute approximate surface area is 277 Å². The maximum absolute atomic E-state index is 5.16. The second kappa shape index (κ2) is 16.9. The second-order valence-electron chi connectivity index (χ2n) is 17.0. The molecule has 0 aliphatic carbocycles. The molecule has 2 fully saturated rings. The van der Waals surface area contributed by atoms with E-state index in [1.54, 1.807) is 0 Å². The molecule has 0 atom stereocenters. The number of hydrogen-bond donors (Lipinski definition) is 4. The van der Waals surface area contributed by atoms with Crippen molar-refractivity contribution in [3.63, 3.8) is 0 Å². The van der Waals surface area contributed by atoms with Gasteiger partial charge in [0.2, 0.25) is 17.8 Å². The van der Waals surface area contributed by atoms with Crippen LogP contribution < -0.4 is 26.2 Å². The van der Waals surface area contributed by atoms with E-state index in [1.165, 1.54) is 57.8 Å². The Bertz CT molecular complexity index is 972. The lowest BCUT2D eigenvalue weighted by Gasteiger charge is -2.49. The highest BCUT2D eigenvalue weighted by molar-refractivity contribution is 5.45. The van der Waals surface area contributed by atoms with Crippen LogP contribution in [0.15, 0.2) is 0 Å². The molecule has 0 unspecified atom stereocenters. The van der Waals surface area contributed by atoms with E-state index < -0.39 is 0 Å². The van der Waals surface area contributed by atoms with Crippen molar-refractivity contribution in [1.29, 1.82) is 0 Å². The van der Waals surface area contributed by atoms with Crippen LogP contribution in [0.1, 0.15) is 172 Å². The van der Waals surface area contributed by atoms with Gasteiger partial charge in [0.25, 0.3) is 0 Å². The third-order valence-corrected chi connectivity index (χ3v) is 9.58. The third-order valence-electron chi connectivity index (χ3n) is 9.58. The van der Waals surface area contributed by atoms with Crippen molar-refractivity contribution in [2.24, 2.45) is 0 Å². The van der Waals surface area contributed by atoms with Crippen molar-refractivity contribution in [2.45, 2.75) is 206 Å². The van der Waals surface area contributed by atoms with Crippen LogP contribution in [-0.2, 0) is 0 Å². The molecule has 1 aromatic heterocycles. The summed E-state index contributed by atoms with van der Waals surface area (Å²) in [6.45, 7) is 24.9. The Morgan fingerprint density at radius 1 is 0.600 bits per heavy atom. The Hall–Kier alpha value is -1.67. The molecular formula is C37H72N8. The minimum absolute atomic E-state index is 0.0469.